The molecule has 3 fully saturated rings. The molecule has 0 aromatic carbocycles. The van der Waals surface area contributed by atoms with E-state index in [0.29, 0.717) is 24.9 Å². The number of alkyl halides is 3. The first kappa shape index (κ1) is 23.1. The average molecular weight is 487 g/mol. The Hall–Kier alpha value is -3.63. The Morgan fingerprint density at radius 3 is 2.49 bits per heavy atom. The molecule has 1 unspecified atom stereocenters. The van der Waals surface area contributed by atoms with Gasteiger partial charge >= 0.3 is 6.18 Å². The Morgan fingerprint density at radius 1 is 1.06 bits per heavy atom. The molecule has 35 heavy (non-hydrogen) atoms. The number of aryl methyl sites for hydroxylation is 1. The molecule has 1 aliphatic carbocycles. The molecule has 2 saturated heterocycles. The zero-order valence-electron chi connectivity index (χ0n) is 18.7. The molecule has 0 radical (unpaired) electrons. The lowest BCUT2D eigenvalue weighted by atomic mass is 9.77. The lowest BCUT2D eigenvalue weighted by molar-refractivity contribution is -0.137. The number of aromatic nitrogens is 4. The fraction of sp³-hybridized carbons (Fsp3) is 0.375. The monoisotopic (exact) mass is 487 g/mol. The number of halogens is 4. The van der Waals surface area contributed by atoms with Crippen molar-refractivity contribution < 1.29 is 27.1 Å². The topological polar surface area (TPSA) is 81.1 Å². The maximum atomic E-state index is 13.7. The molecule has 0 N–H and O–H groups in total. The highest BCUT2D eigenvalue weighted by molar-refractivity contribution is 5.99. The van der Waals surface area contributed by atoms with Gasteiger partial charge in [0.25, 0.3) is 5.91 Å². The molecule has 7 nitrogen and oxygen atoms in total. The largest absolute Gasteiger partial charge is 0.472 e. The number of ether oxygens (including phenoxy) is 1. The highest BCUT2D eigenvalue weighted by atomic mass is 19.4. The van der Waals surface area contributed by atoms with Crippen LogP contribution in [-0.2, 0) is 6.18 Å². The second kappa shape index (κ2) is 8.86. The molecule has 3 atom stereocenters. The van der Waals surface area contributed by atoms with Crippen molar-refractivity contribution >= 4 is 5.91 Å². The summed E-state index contributed by atoms with van der Waals surface area (Å²) >= 11 is 0. The minimum absolute atomic E-state index is 0.0839. The predicted molar refractivity (Wildman–Crippen MR) is 116 cm³/mol. The number of piperidine rings is 2. The second-order valence-corrected chi connectivity index (χ2v) is 8.88. The summed E-state index contributed by atoms with van der Waals surface area (Å²) < 4.78 is 57.8. The van der Waals surface area contributed by atoms with Gasteiger partial charge in [-0.1, -0.05) is 0 Å². The maximum absolute atomic E-state index is 13.7. The number of hydrogen-bond donors (Lipinski definition) is 0. The van der Waals surface area contributed by atoms with E-state index >= 15 is 0 Å². The molecule has 5 heterocycles. The number of carbonyl (C=O) groups is 1. The first-order chi connectivity index (χ1) is 16.7. The molecule has 3 aliphatic rings. The van der Waals surface area contributed by atoms with E-state index in [0.717, 1.165) is 36.6 Å². The van der Waals surface area contributed by atoms with Crippen molar-refractivity contribution in [1.82, 2.24) is 24.8 Å². The van der Waals surface area contributed by atoms with Gasteiger partial charge in [0.1, 0.15) is 11.8 Å². The molecule has 0 spiro atoms. The van der Waals surface area contributed by atoms with Gasteiger partial charge in [0.15, 0.2) is 11.6 Å². The summed E-state index contributed by atoms with van der Waals surface area (Å²) in [6, 6.07) is 3.55. The van der Waals surface area contributed by atoms with Crippen molar-refractivity contribution in [2.24, 2.45) is 5.92 Å². The lowest BCUT2D eigenvalue weighted by Crippen LogP contribution is -2.59. The third kappa shape index (κ3) is 4.67. The molecule has 3 aromatic rings. The van der Waals surface area contributed by atoms with Crippen molar-refractivity contribution in [3.05, 3.63) is 65.5 Å². The Morgan fingerprint density at radius 2 is 1.83 bits per heavy atom. The van der Waals surface area contributed by atoms with Gasteiger partial charge in [0.2, 0.25) is 5.88 Å². The molecule has 2 aliphatic heterocycles. The van der Waals surface area contributed by atoms with Gasteiger partial charge in [0.05, 0.1) is 29.6 Å². The molecule has 2 bridgehead atoms. The molecule has 6 rings (SSSR count). The van der Waals surface area contributed by atoms with E-state index in [9.17, 15) is 22.4 Å². The normalized spacial score (nSPS) is 21.7. The quantitative estimate of drug-likeness (QED) is 0.505. The molecular formula is C24H21F4N5O2. The van der Waals surface area contributed by atoms with Crippen LogP contribution in [0.2, 0.25) is 0 Å². The summed E-state index contributed by atoms with van der Waals surface area (Å²) in [5.74, 6) is -0.461. The van der Waals surface area contributed by atoms with Crippen LogP contribution < -0.4 is 4.74 Å². The van der Waals surface area contributed by atoms with E-state index in [2.05, 4.69) is 19.9 Å². The summed E-state index contributed by atoms with van der Waals surface area (Å²) in [5, 5.41) is 0. The fourth-order valence-corrected chi connectivity index (χ4v) is 4.76. The summed E-state index contributed by atoms with van der Waals surface area (Å²) in [6.07, 6.45) is 1.78. The zero-order chi connectivity index (χ0) is 24.7. The van der Waals surface area contributed by atoms with Crippen LogP contribution in [0, 0.1) is 18.7 Å². The Labute approximate surface area is 198 Å². The number of hydrogen-bond acceptors (Lipinski definition) is 6. The Balaban J connectivity index is 1.40. The van der Waals surface area contributed by atoms with Crippen LogP contribution in [0.5, 0.6) is 5.88 Å². The third-order valence-electron chi connectivity index (χ3n) is 6.40. The van der Waals surface area contributed by atoms with Gasteiger partial charge in [-0.15, -0.1) is 0 Å². The minimum atomic E-state index is -4.48. The van der Waals surface area contributed by atoms with Crippen molar-refractivity contribution in [1.29, 1.82) is 0 Å². The van der Waals surface area contributed by atoms with Crippen LogP contribution in [0.4, 0.5) is 17.6 Å². The molecule has 1 saturated carbocycles. The zero-order valence-corrected chi connectivity index (χ0v) is 18.7. The van der Waals surface area contributed by atoms with E-state index < -0.39 is 23.7 Å². The van der Waals surface area contributed by atoms with E-state index in [-0.39, 0.29) is 35.3 Å². The number of carbonyl (C=O) groups excluding carboxylic acids is 1. The highest BCUT2D eigenvalue weighted by Gasteiger charge is 2.45. The third-order valence-corrected chi connectivity index (χ3v) is 6.40. The van der Waals surface area contributed by atoms with E-state index in [1.165, 1.54) is 6.07 Å². The summed E-state index contributed by atoms with van der Waals surface area (Å²) in [7, 11) is 0. The second-order valence-electron chi connectivity index (χ2n) is 8.88. The minimum Gasteiger partial charge on any atom is -0.472 e. The molecule has 1 amide bonds. The van der Waals surface area contributed by atoms with Crippen LogP contribution in [0.3, 0.4) is 0 Å². The fourth-order valence-electron chi connectivity index (χ4n) is 4.76. The first-order valence-corrected chi connectivity index (χ1v) is 11.1. The van der Waals surface area contributed by atoms with Crippen LogP contribution in [0.1, 0.15) is 40.7 Å². The predicted octanol–water partition coefficient (Wildman–Crippen LogP) is 4.47. The standard InChI is InChI=1S/C24H21F4N5O2/c1-13-6-17(21(30-8-13)22-31-10-16(25)11-32-22)23(34)33-12-14-2-4-18(33)19(7-14)35-20-5-3-15(9-29-20)24(26,27)28/h3,5-6,8-11,14,18-19H,2,4,7,12H2,1H3/t14?,18-,19+/m0/s1. The van der Waals surface area contributed by atoms with E-state index in [1.807, 2.05) is 6.92 Å². The van der Waals surface area contributed by atoms with Gasteiger partial charge in [-0.2, -0.15) is 13.2 Å². The molecule has 11 heteroatoms. The van der Waals surface area contributed by atoms with Gasteiger partial charge in [0, 0.05) is 25.0 Å². The van der Waals surface area contributed by atoms with Gasteiger partial charge < -0.3 is 9.64 Å². The van der Waals surface area contributed by atoms with Gasteiger partial charge in [-0.3, -0.25) is 9.78 Å². The van der Waals surface area contributed by atoms with Crippen LogP contribution >= 0.6 is 0 Å². The SMILES string of the molecule is Cc1cnc(-c2ncc(F)cn2)c(C(=O)N2CC3CC[C@H]2[C@H](Oc2ccc(C(F)(F)F)cn2)C3)c1. The number of amides is 1. The smallest absolute Gasteiger partial charge is 0.417 e. The van der Waals surface area contributed by atoms with Crippen LogP contribution in [0.25, 0.3) is 11.5 Å². The maximum Gasteiger partial charge on any atom is 0.417 e. The van der Waals surface area contributed by atoms with Crippen molar-refractivity contribution in [3.8, 4) is 17.4 Å². The van der Waals surface area contributed by atoms with Crippen LogP contribution in [-0.4, -0.2) is 49.4 Å². The highest BCUT2D eigenvalue weighted by Crippen LogP contribution is 2.39. The van der Waals surface area contributed by atoms with Gasteiger partial charge in [-0.25, -0.2) is 19.3 Å². The summed E-state index contributed by atoms with van der Waals surface area (Å²) in [5.41, 5.74) is 0.469. The summed E-state index contributed by atoms with van der Waals surface area (Å²) in [6.45, 7) is 2.34. The Bertz CT molecular complexity index is 1230. The number of rotatable bonds is 4. The lowest BCUT2D eigenvalue weighted by Gasteiger charge is -2.49. The number of pyridine rings is 2. The summed E-state index contributed by atoms with van der Waals surface area (Å²) in [4.78, 5) is 31.6. The molecular weight excluding hydrogens is 466 g/mol. The number of fused-ring (bicyclic) bond motifs is 3. The van der Waals surface area contributed by atoms with Crippen molar-refractivity contribution in [2.45, 2.75) is 44.5 Å². The number of nitrogens with zero attached hydrogens (tertiary/aromatic N) is 5. The van der Waals surface area contributed by atoms with Gasteiger partial charge in [-0.05, 0) is 49.8 Å². The molecule has 182 valence electrons. The molecule has 3 aromatic heterocycles. The first-order valence-electron chi connectivity index (χ1n) is 11.1. The average Bonchev–Trinajstić information content (AvgIpc) is 2.84. The van der Waals surface area contributed by atoms with E-state index in [1.54, 1.807) is 17.2 Å². The van der Waals surface area contributed by atoms with Crippen molar-refractivity contribution in [2.75, 3.05) is 6.54 Å². The van der Waals surface area contributed by atoms with Crippen LogP contribution in [0.15, 0.2) is 43.0 Å². The van der Waals surface area contributed by atoms with Crippen molar-refractivity contribution in [3.63, 3.8) is 0 Å². The Kier molecular flexibility index (Phi) is 5.86. The van der Waals surface area contributed by atoms with E-state index in [4.69, 9.17) is 4.74 Å².